The highest BCUT2D eigenvalue weighted by molar-refractivity contribution is 6.45. The van der Waals surface area contributed by atoms with Gasteiger partial charge in [0.25, 0.3) is 5.91 Å². The van der Waals surface area contributed by atoms with Gasteiger partial charge in [-0.1, -0.05) is 30.3 Å². The molecule has 1 heterocycles. The van der Waals surface area contributed by atoms with Crippen molar-refractivity contribution in [1.82, 2.24) is 0 Å². The van der Waals surface area contributed by atoms with Crippen LogP contribution >= 0.6 is 0 Å². The number of nitrogens with zero attached hydrogens (tertiary/aromatic N) is 1. The minimum Gasteiger partial charge on any atom is -0.502 e. The Kier molecular flexibility index (Phi) is 3.62. The van der Waals surface area contributed by atoms with E-state index >= 15 is 0 Å². The molecule has 23 heavy (non-hydrogen) atoms. The number of hydrogen-bond donors (Lipinski definition) is 1. The van der Waals surface area contributed by atoms with Gasteiger partial charge in [-0.2, -0.15) is 0 Å². The molecule has 1 aliphatic rings. The van der Waals surface area contributed by atoms with Gasteiger partial charge in [0.2, 0.25) is 0 Å². The van der Waals surface area contributed by atoms with Gasteiger partial charge in [0.15, 0.2) is 5.76 Å². The fourth-order valence-electron chi connectivity index (χ4n) is 2.57. The third-order valence-corrected chi connectivity index (χ3v) is 3.79. The third kappa shape index (κ3) is 2.36. The molecule has 2 amide bonds. The highest BCUT2D eigenvalue weighted by Gasteiger charge is 2.40. The van der Waals surface area contributed by atoms with Crippen molar-refractivity contribution in [3.63, 3.8) is 0 Å². The van der Waals surface area contributed by atoms with Crippen LogP contribution in [0.4, 0.5) is 5.69 Å². The number of anilines is 1. The summed E-state index contributed by atoms with van der Waals surface area (Å²) in [6.07, 6.45) is 0. The standard InChI is InChI=1S/C18H15NO4/c1-11-5-3-4-6-14(11)19-17(21)15(16(20)18(19)22)12-7-9-13(23-2)10-8-12/h3-10,20H,1-2H3. The Bertz CT molecular complexity index is 821. The molecule has 0 saturated heterocycles. The molecule has 1 aliphatic heterocycles. The van der Waals surface area contributed by atoms with Gasteiger partial charge in [0.1, 0.15) is 5.75 Å². The topological polar surface area (TPSA) is 66.8 Å². The average molecular weight is 309 g/mol. The molecule has 0 aliphatic carbocycles. The molecule has 0 fully saturated rings. The average Bonchev–Trinajstić information content (AvgIpc) is 2.78. The Morgan fingerprint density at radius 3 is 2.22 bits per heavy atom. The second kappa shape index (κ2) is 5.61. The number of carbonyl (C=O) groups excluding carboxylic acids is 2. The Hall–Kier alpha value is -3.08. The van der Waals surface area contributed by atoms with Crippen molar-refractivity contribution in [2.45, 2.75) is 6.92 Å². The molecule has 2 aromatic rings. The van der Waals surface area contributed by atoms with E-state index in [0.717, 1.165) is 10.5 Å². The van der Waals surface area contributed by atoms with E-state index in [4.69, 9.17) is 4.74 Å². The molecule has 3 rings (SSSR count). The normalized spacial score (nSPS) is 14.6. The maximum Gasteiger partial charge on any atom is 0.301 e. The second-order valence-corrected chi connectivity index (χ2v) is 5.18. The number of aryl methyl sites for hydroxylation is 1. The lowest BCUT2D eigenvalue weighted by molar-refractivity contribution is -0.121. The molecular weight excluding hydrogens is 294 g/mol. The lowest BCUT2D eigenvalue weighted by Gasteiger charge is -2.16. The van der Waals surface area contributed by atoms with Crippen LogP contribution in [0, 0.1) is 6.92 Å². The van der Waals surface area contributed by atoms with Crippen LogP contribution in [0.2, 0.25) is 0 Å². The number of rotatable bonds is 3. The van der Waals surface area contributed by atoms with Gasteiger partial charge in [-0.15, -0.1) is 0 Å². The number of para-hydroxylation sites is 1. The Labute approximate surface area is 133 Å². The number of benzene rings is 2. The van der Waals surface area contributed by atoms with Gasteiger partial charge in [-0.3, -0.25) is 9.59 Å². The molecule has 0 unspecified atom stereocenters. The molecule has 0 radical (unpaired) electrons. The summed E-state index contributed by atoms with van der Waals surface area (Å²) in [5.74, 6) is -1.16. The highest BCUT2D eigenvalue weighted by Crippen LogP contribution is 2.33. The van der Waals surface area contributed by atoms with E-state index in [1.807, 2.05) is 6.07 Å². The summed E-state index contributed by atoms with van der Waals surface area (Å²) >= 11 is 0. The lowest BCUT2D eigenvalue weighted by Crippen LogP contribution is -2.32. The molecule has 0 aromatic heterocycles. The Morgan fingerprint density at radius 2 is 1.61 bits per heavy atom. The summed E-state index contributed by atoms with van der Waals surface area (Å²) in [5.41, 5.74) is 1.72. The number of hydrogen-bond acceptors (Lipinski definition) is 4. The second-order valence-electron chi connectivity index (χ2n) is 5.18. The first-order valence-electron chi connectivity index (χ1n) is 7.06. The lowest BCUT2D eigenvalue weighted by atomic mass is 10.1. The zero-order valence-electron chi connectivity index (χ0n) is 12.7. The minimum atomic E-state index is -0.713. The van der Waals surface area contributed by atoms with Crippen LogP contribution in [0.15, 0.2) is 54.3 Å². The number of ether oxygens (including phenoxy) is 1. The van der Waals surface area contributed by atoms with Gasteiger partial charge in [-0.05, 0) is 36.2 Å². The van der Waals surface area contributed by atoms with E-state index in [-0.39, 0.29) is 5.57 Å². The van der Waals surface area contributed by atoms with Crippen molar-refractivity contribution in [1.29, 1.82) is 0 Å². The fraction of sp³-hybridized carbons (Fsp3) is 0.111. The number of amides is 2. The van der Waals surface area contributed by atoms with E-state index in [9.17, 15) is 14.7 Å². The summed E-state index contributed by atoms with van der Waals surface area (Å²) in [6.45, 7) is 1.80. The molecule has 0 spiro atoms. The van der Waals surface area contributed by atoms with Crippen LogP contribution in [-0.2, 0) is 9.59 Å². The molecule has 0 atom stereocenters. The van der Waals surface area contributed by atoms with Gasteiger partial charge in [-0.25, -0.2) is 4.90 Å². The van der Waals surface area contributed by atoms with E-state index in [0.29, 0.717) is 17.0 Å². The first kappa shape index (κ1) is 14.8. The third-order valence-electron chi connectivity index (χ3n) is 3.79. The summed E-state index contributed by atoms with van der Waals surface area (Å²) in [5, 5.41) is 10.2. The first-order chi connectivity index (χ1) is 11.0. The predicted molar refractivity (Wildman–Crippen MR) is 86.2 cm³/mol. The predicted octanol–water partition coefficient (Wildman–Crippen LogP) is 2.85. The zero-order chi connectivity index (χ0) is 16.6. The van der Waals surface area contributed by atoms with E-state index in [2.05, 4.69) is 0 Å². The molecule has 1 N–H and O–H groups in total. The fourth-order valence-corrected chi connectivity index (χ4v) is 2.57. The maximum absolute atomic E-state index is 12.7. The summed E-state index contributed by atoms with van der Waals surface area (Å²) in [4.78, 5) is 26.0. The van der Waals surface area contributed by atoms with Crippen molar-refractivity contribution in [3.05, 3.63) is 65.4 Å². The molecule has 5 nitrogen and oxygen atoms in total. The van der Waals surface area contributed by atoms with Crippen LogP contribution in [0.25, 0.3) is 5.57 Å². The van der Waals surface area contributed by atoms with E-state index < -0.39 is 17.6 Å². The SMILES string of the molecule is COc1ccc(C2=C(O)C(=O)N(c3ccccc3C)C2=O)cc1. The number of carbonyl (C=O) groups is 2. The summed E-state index contributed by atoms with van der Waals surface area (Å²) in [7, 11) is 1.54. The first-order valence-corrected chi connectivity index (χ1v) is 7.06. The van der Waals surface area contributed by atoms with Gasteiger partial charge >= 0.3 is 5.91 Å². The van der Waals surface area contributed by atoms with Crippen molar-refractivity contribution in [2.75, 3.05) is 12.0 Å². The van der Waals surface area contributed by atoms with Crippen molar-refractivity contribution >= 4 is 23.1 Å². The smallest absolute Gasteiger partial charge is 0.301 e. The monoisotopic (exact) mass is 309 g/mol. The molecule has 0 saturated carbocycles. The van der Waals surface area contributed by atoms with Crippen LogP contribution in [0.5, 0.6) is 5.75 Å². The minimum absolute atomic E-state index is 0.000839. The number of imide groups is 1. The van der Waals surface area contributed by atoms with Crippen molar-refractivity contribution < 1.29 is 19.4 Å². The van der Waals surface area contributed by atoms with Gasteiger partial charge in [0, 0.05) is 0 Å². The molecule has 2 aromatic carbocycles. The largest absolute Gasteiger partial charge is 0.502 e. The molecule has 116 valence electrons. The van der Waals surface area contributed by atoms with Crippen LogP contribution in [0.1, 0.15) is 11.1 Å². The summed E-state index contributed by atoms with van der Waals surface area (Å²) < 4.78 is 5.07. The highest BCUT2D eigenvalue weighted by atomic mass is 16.5. The number of aliphatic hydroxyl groups excluding tert-OH is 1. The number of aliphatic hydroxyl groups is 1. The van der Waals surface area contributed by atoms with Crippen molar-refractivity contribution in [3.8, 4) is 5.75 Å². The summed E-state index contributed by atoms with van der Waals surface area (Å²) in [6, 6.07) is 13.7. The Balaban J connectivity index is 2.04. The van der Waals surface area contributed by atoms with E-state index in [1.165, 1.54) is 7.11 Å². The quantitative estimate of drug-likeness (QED) is 0.885. The van der Waals surface area contributed by atoms with Crippen molar-refractivity contribution in [2.24, 2.45) is 0 Å². The number of methoxy groups -OCH3 is 1. The molecule has 5 heteroatoms. The van der Waals surface area contributed by atoms with Gasteiger partial charge < -0.3 is 9.84 Å². The van der Waals surface area contributed by atoms with Crippen LogP contribution in [-0.4, -0.2) is 24.0 Å². The molecule has 0 bridgehead atoms. The van der Waals surface area contributed by atoms with Gasteiger partial charge in [0.05, 0.1) is 18.4 Å². The maximum atomic E-state index is 12.7. The zero-order valence-corrected chi connectivity index (χ0v) is 12.7. The van der Waals surface area contributed by atoms with E-state index in [1.54, 1.807) is 49.4 Å². The Morgan fingerprint density at radius 1 is 0.957 bits per heavy atom. The van der Waals surface area contributed by atoms with Crippen LogP contribution < -0.4 is 9.64 Å². The van der Waals surface area contributed by atoms with Crippen LogP contribution in [0.3, 0.4) is 0 Å². The molecular formula is C18H15NO4.